The monoisotopic (exact) mass is 293 g/mol. The van der Waals surface area contributed by atoms with Crippen LogP contribution in [0.5, 0.6) is 0 Å². The number of fused-ring (bicyclic) bond motifs is 1. The molecule has 0 spiro atoms. The lowest BCUT2D eigenvalue weighted by Gasteiger charge is -2.44. The summed E-state index contributed by atoms with van der Waals surface area (Å²) in [5, 5.41) is 9.39. The molecule has 4 unspecified atom stereocenters. The van der Waals surface area contributed by atoms with Gasteiger partial charge in [-0.25, -0.2) is 4.79 Å². The Morgan fingerprint density at radius 1 is 0.857 bits per heavy atom. The summed E-state index contributed by atoms with van der Waals surface area (Å²) < 4.78 is 0. The van der Waals surface area contributed by atoms with Crippen molar-refractivity contribution in [3.63, 3.8) is 0 Å². The van der Waals surface area contributed by atoms with Gasteiger partial charge in [0.1, 0.15) is 6.04 Å². The van der Waals surface area contributed by atoms with Gasteiger partial charge in [-0.05, 0) is 43.9 Å². The van der Waals surface area contributed by atoms with Crippen molar-refractivity contribution in [3.05, 3.63) is 0 Å². The van der Waals surface area contributed by atoms with Gasteiger partial charge in [-0.2, -0.15) is 0 Å². The Balaban J connectivity index is 1.74. The lowest BCUT2D eigenvalue weighted by molar-refractivity contribution is -0.156. The van der Waals surface area contributed by atoms with Gasteiger partial charge >= 0.3 is 5.97 Å². The molecule has 1 amide bonds. The minimum atomic E-state index is -0.820. The van der Waals surface area contributed by atoms with Gasteiger partial charge in [-0.3, -0.25) is 4.79 Å². The van der Waals surface area contributed by atoms with E-state index >= 15 is 0 Å². The van der Waals surface area contributed by atoms with Gasteiger partial charge in [-0.15, -0.1) is 0 Å². The van der Waals surface area contributed by atoms with Crippen LogP contribution < -0.4 is 0 Å². The predicted molar refractivity (Wildman–Crippen MR) is 79.8 cm³/mol. The standard InChI is InChI=1S/C17H27NO3/c19-16(18-11-4-3-10-15(18)17(20)21)14-9-5-7-12-6-1-2-8-13(12)14/h12-15H,1-11H2,(H,20,21). The van der Waals surface area contributed by atoms with Crippen LogP contribution in [0.2, 0.25) is 0 Å². The van der Waals surface area contributed by atoms with Gasteiger partial charge in [0.05, 0.1) is 0 Å². The Hall–Kier alpha value is -1.06. The first-order chi connectivity index (χ1) is 10.2. The van der Waals surface area contributed by atoms with Gasteiger partial charge in [0, 0.05) is 12.5 Å². The molecule has 0 bridgehead atoms. The summed E-state index contributed by atoms with van der Waals surface area (Å²) in [5.74, 6) is 0.674. The van der Waals surface area contributed by atoms with Gasteiger partial charge in [0.25, 0.3) is 0 Å². The molecule has 3 rings (SSSR count). The van der Waals surface area contributed by atoms with E-state index in [1.165, 1.54) is 32.1 Å². The molecule has 4 heteroatoms. The number of amides is 1. The summed E-state index contributed by atoms with van der Waals surface area (Å²) in [6.45, 7) is 0.643. The summed E-state index contributed by atoms with van der Waals surface area (Å²) in [7, 11) is 0. The van der Waals surface area contributed by atoms with Gasteiger partial charge in [0.2, 0.25) is 5.91 Å². The third-order valence-corrected chi connectivity index (χ3v) is 5.96. The zero-order valence-corrected chi connectivity index (χ0v) is 12.8. The number of nitrogens with zero attached hydrogens (tertiary/aromatic N) is 1. The summed E-state index contributed by atoms with van der Waals surface area (Å²) in [5.41, 5.74) is 0. The van der Waals surface area contributed by atoms with Gasteiger partial charge in [-0.1, -0.05) is 32.1 Å². The molecule has 3 aliphatic rings. The second-order valence-electron chi connectivity index (χ2n) is 7.13. The van der Waals surface area contributed by atoms with Crippen LogP contribution in [-0.2, 0) is 9.59 Å². The van der Waals surface area contributed by atoms with E-state index in [0.717, 1.165) is 31.6 Å². The average molecular weight is 293 g/mol. The SMILES string of the molecule is O=C(O)C1CCCCN1C(=O)C1CCCC2CCCCC21. The van der Waals surface area contributed by atoms with Crippen molar-refractivity contribution in [1.82, 2.24) is 4.90 Å². The van der Waals surface area contributed by atoms with Crippen LogP contribution in [0.15, 0.2) is 0 Å². The highest BCUT2D eigenvalue weighted by atomic mass is 16.4. The van der Waals surface area contributed by atoms with Crippen LogP contribution in [0, 0.1) is 17.8 Å². The molecule has 3 fully saturated rings. The lowest BCUT2D eigenvalue weighted by atomic mass is 9.65. The molecule has 0 radical (unpaired) electrons. The molecular weight excluding hydrogens is 266 g/mol. The number of rotatable bonds is 2. The number of hydrogen-bond donors (Lipinski definition) is 1. The van der Waals surface area contributed by atoms with Gasteiger partial charge < -0.3 is 10.0 Å². The highest BCUT2D eigenvalue weighted by molar-refractivity contribution is 5.85. The second kappa shape index (κ2) is 6.37. The second-order valence-corrected chi connectivity index (χ2v) is 7.13. The molecule has 118 valence electrons. The quantitative estimate of drug-likeness (QED) is 0.851. The molecule has 1 heterocycles. The number of likely N-dealkylation sites (tertiary alicyclic amines) is 1. The Kier molecular flexibility index (Phi) is 4.51. The number of hydrogen-bond acceptors (Lipinski definition) is 2. The fraction of sp³-hybridized carbons (Fsp3) is 0.882. The zero-order chi connectivity index (χ0) is 14.8. The van der Waals surface area contributed by atoms with Crippen LogP contribution in [-0.4, -0.2) is 34.5 Å². The lowest BCUT2D eigenvalue weighted by Crippen LogP contribution is -2.52. The molecule has 4 nitrogen and oxygen atoms in total. The van der Waals surface area contributed by atoms with Crippen LogP contribution in [0.25, 0.3) is 0 Å². The van der Waals surface area contributed by atoms with E-state index in [4.69, 9.17) is 0 Å². The van der Waals surface area contributed by atoms with E-state index in [0.29, 0.717) is 18.9 Å². The van der Waals surface area contributed by atoms with Crippen LogP contribution >= 0.6 is 0 Å². The Morgan fingerprint density at radius 2 is 1.57 bits per heavy atom. The number of aliphatic carboxylic acids is 1. The topological polar surface area (TPSA) is 57.6 Å². The molecule has 2 saturated carbocycles. The third kappa shape index (κ3) is 2.95. The van der Waals surface area contributed by atoms with Crippen LogP contribution in [0.4, 0.5) is 0 Å². The minimum Gasteiger partial charge on any atom is -0.480 e. The van der Waals surface area contributed by atoms with E-state index in [1.54, 1.807) is 4.90 Å². The summed E-state index contributed by atoms with van der Waals surface area (Å²) in [6.07, 6.45) is 10.9. The smallest absolute Gasteiger partial charge is 0.326 e. The number of carbonyl (C=O) groups excluding carboxylic acids is 1. The Bertz CT molecular complexity index is 407. The minimum absolute atomic E-state index is 0.101. The van der Waals surface area contributed by atoms with Crippen molar-refractivity contribution >= 4 is 11.9 Å². The first-order valence-electron chi connectivity index (χ1n) is 8.72. The molecule has 0 aromatic carbocycles. The first-order valence-corrected chi connectivity index (χ1v) is 8.72. The van der Waals surface area contributed by atoms with E-state index in [9.17, 15) is 14.7 Å². The van der Waals surface area contributed by atoms with Crippen molar-refractivity contribution in [3.8, 4) is 0 Å². The molecule has 0 aromatic rings. The average Bonchev–Trinajstić information content (AvgIpc) is 2.53. The molecule has 1 aliphatic heterocycles. The van der Waals surface area contributed by atoms with E-state index in [-0.39, 0.29) is 11.8 Å². The molecule has 0 aromatic heterocycles. The number of piperidine rings is 1. The summed E-state index contributed by atoms with van der Waals surface area (Å²) >= 11 is 0. The highest BCUT2D eigenvalue weighted by Gasteiger charge is 2.42. The van der Waals surface area contributed by atoms with E-state index in [1.807, 2.05) is 0 Å². The molecule has 2 aliphatic carbocycles. The molecule has 1 N–H and O–H groups in total. The number of carboxylic acids is 1. The number of carbonyl (C=O) groups is 2. The Labute approximate surface area is 126 Å². The summed E-state index contributed by atoms with van der Waals surface area (Å²) in [4.78, 5) is 26.1. The molecule has 21 heavy (non-hydrogen) atoms. The van der Waals surface area contributed by atoms with E-state index in [2.05, 4.69) is 0 Å². The normalized spacial score (nSPS) is 36.9. The first kappa shape index (κ1) is 14.9. The molecular formula is C17H27NO3. The van der Waals surface area contributed by atoms with Crippen molar-refractivity contribution < 1.29 is 14.7 Å². The van der Waals surface area contributed by atoms with E-state index < -0.39 is 12.0 Å². The number of carboxylic acid groups (broad SMARTS) is 1. The largest absolute Gasteiger partial charge is 0.480 e. The highest BCUT2D eigenvalue weighted by Crippen LogP contribution is 2.44. The van der Waals surface area contributed by atoms with Crippen molar-refractivity contribution in [2.45, 2.75) is 70.3 Å². The third-order valence-electron chi connectivity index (χ3n) is 5.96. The predicted octanol–water partition coefficient (Wildman–Crippen LogP) is 3.06. The fourth-order valence-electron chi connectivity index (χ4n) is 4.91. The van der Waals surface area contributed by atoms with Crippen LogP contribution in [0.3, 0.4) is 0 Å². The molecule has 4 atom stereocenters. The van der Waals surface area contributed by atoms with Gasteiger partial charge in [0.15, 0.2) is 0 Å². The maximum Gasteiger partial charge on any atom is 0.326 e. The van der Waals surface area contributed by atoms with Crippen molar-refractivity contribution in [1.29, 1.82) is 0 Å². The summed E-state index contributed by atoms with van der Waals surface area (Å²) in [6, 6.07) is -0.574. The Morgan fingerprint density at radius 3 is 2.38 bits per heavy atom. The zero-order valence-electron chi connectivity index (χ0n) is 12.8. The van der Waals surface area contributed by atoms with Crippen molar-refractivity contribution in [2.24, 2.45) is 17.8 Å². The van der Waals surface area contributed by atoms with Crippen LogP contribution in [0.1, 0.15) is 64.2 Å². The maximum absolute atomic E-state index is 13.0. The molecule has 1 saturated heterocycles. The van der Waals surface area contributed by atoms with Crippen molar-refractivity contribution in [2.75, 3.05) is 6.54 Å². The maximum atomic E-state index is 13.0. The fourth-order valence-corrected chi connectivity index (χ4v) is 4.91.